The summed E-state index contributed by atoms with van der Waals surface area (Å²) in [6.45, 7) is 12.3. The quantitative estimate of drug-likeness (QED) is 0.661. The Morgan fingerprint density at radius 1 is 1.37 bits per heavy atom. The lowest BCUT2D eigenvalue weighted by molar-refractivity contribution is 0.215. The van der Waals surface area contributed by atoms with Crippen LogP contribution in [0.15, 0.2) is 0 Å². The van der Waals surface area contributed by atoms with Crippen molar-refractivity contribution in [1.82, 2.24) is 10.2 Å². The first kappa shape index (κ1) is 16.5. The number of hydrogen-bond acceptors (Lipinski definition) is 2. The van der Waals surface area contributed by atoms with E-state index in [1.807, 2.05) is 4.90 Å². The van der Waals surface area contributed by atoms with Gasteiger partial charge in [0.15, 0.2) is 8.32 Å². The minimum absolute atomic E-state index is 0.102. The van der Waals surface area contributed by atoms with E-state index in [0.717, 1.165) is 32.7 Å². The van der Waals surface area contributed by atoms with E-state index in [4.69, 9.17) is 4.43 Å². The summed E-state index contributed by atoms with van der Waals surface area (Å²) >= 11 is 0. The van der Waals surface area contributed by atoms with Gasteiger partial charge in [0, 0.05) is 26.2 Å². The fraction of sp³-hybridized carbons (Fsp3) is 0.929. The highest BCUT2D eigenvalue weighted by Crippen LogP contribution is 2.32. The van der Waals surface area contributed by atoms with Crippen molar-refractivity contribution in [2.24, 2.45) is 0 Å². The molecule has 1 heterocycles. The van der Waals surface area contributed by atoms with E-state index in [9.17, 15) is 4.79 Å². The molecule has 19 heavy (non-hydrogen) atoms. The van der Waals surface area contributed by atoms with Crippen LogP contribution in [-0.4, -0.2) is 45.5 Å². The molecule has 0 aliphatic carbocycles. The maximum Gasteiger partial charge on any atom is 0.317 e. The Morgan fingerprint density at radius 3 is 2.63 bits per heavy atom. The molecule has 0 aromatic heterocycles. The fourth-order valence-corrected chi connectivity index (χ4v) is 5.52. The van der Waals surface area contributed by atoms with Crippen molar-refractivity contribution < 1.29 is 9.22 Å². The molecule has 1 unspecified atom stereocenters. The molecular formula is C14H30N2O2Si. The van der Waals surface area contributed by atoms with Gasteiger partial charge in [0.1, 0.15) is 0 Å². The highest BCUT2D eigenvalue weighted by atomic mass is 28.4. The molecule has 0 bridgehead atoms. The Labute approximate surface area is 119 Å². The van der Waals surface area contributed by atoms with Gasteiger partial charge in [0.2, 0.25) is 0 Å². The van der Waals surface area contributed by atoms with Crippen molar-refractivity contribution in [1.29, 1.82) is 0 Å². The number of unbranched alkanes of at least 4 members (excludes halogenated alkanes) is 1. The molecule has 1 saturated heterocycles. The van der Waals surface area contributed by atoms with E-state index in [1.54, 1.807) is 0 Å². The molecule has 1 atom stereocenters. The second kappa shape index (κ2) is 7.90. The van der Waals surface area contributed by atoms with Crippen molar-refractivity contribution in [3.05, 3.63) is 0 Å². The minimum atomic E-state index is -1.62. The number of rotatable bonds is 9. The summed E-state index contributed by atoms with van der Waals surface area (Å²) in [7, 11) is -1.62. The van der Waals surface area contributed by atoms with Crippen molar-refractivity contribution in [2.45, 2.75) is 58.2 Å². The largest absolute Gasteiger partial charge is 0.417 e. The van der Waals surface area contributed by atoms with Crippen molar-refractivity contribution >= 4 is 14.3 Å². The van der Waals surface area contributed by atoms with Gasteiger partial charge in [-0.3, -0.25) is 0 Å². The topological polar surface area (TPSA) is 41.6 Å². The molecule has 0 saturated carbocycles. The number of carbonyl (C=O) groups excluding carboxylic acids is 1. The summed E-state index contributed by atoms with van der Waals surface area (Å²) in [4.78, 5) is 13.5. The Bertz CT molecular complexity index is 285. The van der Waals surface area contributed by atoms with Gasteiger partial charge in [-0.1, -0.05) is 26.2 Å². The summed E-state index contributed by atoms with van der Waals surface area (Å²) in [6.07, 6.45) is 4.83. The third-order valence-corrected chi connectivity index (χ3v) is 7.67. The number of carbonyl (C=O) groups is 1. The smallest absolute Gasteiger partial charge is 0.317 e. The summed E-state index contributed by atoms with van der Waals surface area (Å²) in [6, 6.07) is 0.102. The molecular weight excluding hydrogens is 256 g/mol. The van der Waals surface area contributed by atoms with Gasteiger partial charge >= 0.3 is 6.03 Å². The van der Waals surface area contributed by atoms with Gasteiger partial charge in [-0.25, -0.2) is 4.79 Å². The van der Waals surface area contributed by atoms with Crippen LogP contribution in [0.1, 0.15) is 39.5 Å². The zero-order valence-electron chi connectivity index (χ0n) is 13.0. The van der Waals surface area contributed by atoms with Crippen LogP contribution in [-0.2, 0) is 4.43 Å². The summed E-state index contributed by atoms with van der Waals surface area (Å²) < 4.78 is 6.05. The van der Waals surface area contributed by atoms with Gasteiger partial charge in [0.05, 0.1) is 0 Å². The zero-order valence-corrected chi connectivity index (χ0v) is 14.0. The van der Waals surface area contributed by atoms with Crippen LogP contribution < -0.4 is 5.32 Å². The van der Waals surface area contributed by atoms with Gasteiger partial charge in [-0.15, -0.1) is 0 Å². The number of amides is 2. The molecule has 5 heteroatoms. The Balaban J connectivity index is 2.50. The molecule has 4 nitrogen and oxygen atoms in total. The molecule has 0 radical (unpaired) electrons. The number of nitrogens with zero attached hydrogens (tertiary/aromatic N) is 1. The van der Waals surface area contributed by atoms with Crippen LogP contribution in [0.4, 0.5) is 4.79 Å². The molecule has 1 rings (SSSR count). The standard InChI is InChI=1S/C14H30N2O2Si/c1-5-7-8-13(19(3,4)18-6-2)9-11-16-12-10-15-14(16)17/h13H,5-12H2,1-4H3,(H,15,17). The number of nitrogens with one attached hydrogen (secondary N) is 1. The molecule has 1 aliphatic heterocycles. The Morgan fingerprint density at radius 2 is 2.11 bits per heavy atom. The van der Waals surface area contributed by atoms with Crippen LogP contribution >= 0.6 is 0 Å². The highest BCUT2D eigenvalue weighted by molar-refractivity contribution is 6.72. The third kappa shape index (κ3) is 5.14. The van der Waals surface area contributed by atoms with E-state index >= 15 is 0 Å². The van der Waals surface area contributed by atoms with Crippen LogP contribution in [0.2, 0.25) is 18.6 Å². The molecule has 1 fully saturated rings. The lowest BCUT2D eigenvalue weighted by Crippen LogP contribution is -2.39. The number of urea groups is 1. The fourth-order valence-electron chi connectivity index (χ4n) is 2.82. The van der Waals surface area contributed by atoms with Crippen molar-refractivity contribution in [3.63, 3.8) is 0 Å². The molecule has 0 aromatic carbocycles. The van der Waals surface area contributed by atoms with Gasteiger partial charge in [-0.2, -0.15) is 0 Å². The maximum absolute atomic E-state index is 11.6. The average molecular weight is 286 g/mol. The molecule has 0 aromatic rings. The monoisotopic (exact) mass is 286 g/mol. The first-order valence-electron chi connectivity index (χ1n) is 7.68. The molecule has 1 aliphatic rings. The van der Waals surface area contributed by atoms with Crippen LogP contribution in [0.3, 0.4) is 0 Å². The van der Waals surface area contributed by atoms with Crippen molar-refractivity contribution in [3.8, 4) is 0 Å². The van der Waals surface area contributed by atoms with E-state index < -0.39 is 8.32 Å². The second-order valence-electron chi connectivity index (χ2n) is 5.88. The van der Waals surface area contributed by atoms with Crippen LogP contribution in [0, 0.1) is 0 Å². The predicted octanol–water partition coefficient (Wildman–Crippen LogP) is 3.20. The van der Waals surface area contributed by atoms with E-state index in [0.29, 0.717) is 5.54 Å². The summed E-state index contributed by atoms with van der Waals surface area (Å²) in [5.41, 5.74) is 0.654. The molecule has 0 spiro atoms. The molecule has 2 amide bonds. The lowest BCUT2D eigenvalue weighted by Gasteiger charge is -2.33. The van der Waals surface area contributed by atoms with Gasteiger partial charge in [0.25, 0.3) is 0 Å². The predicted molar refractivity (Wildman–Crippen MR) is 82.0 cm³/mol. The van der Waals surface area contributed by atoms with Gasteiger partial charge in [-0.05, 0) is 32.0 Å². The Kier molecular flexibility index (Phi) is 6.86. The first-order valence-corrected chi connectivity index (χ1v) is 10.7. The SMILES string of the molecule is CCCCC(CCN1CCNC1=O)[Si](C)(C)OCC. The molecule has 1 N–H and O–H groups in total. The summed E-state index contributed by atoms with van der Waals surface area (Å²) in [5, 5.41) is 2.87. The zero-order chi connectivity index (χ0) is 14.3. The Hall–Kier alpha value is -0.553. The van der Waals surface area contributed by atoms with E-state index in [2.05, 4.69) is 32.3 Å². The van der Waals surface area contributed by atoms with Crippen LogP contribution in [0.5, 0.6) is 0 Å². The maximum atomic E-state index is 11.6. The highest BCUT2D eigenvalue weighted by Gasteiger charge is 2.33. The second-order valence-corrected chi connectivity index (χ2v) is 10.2. The normalized spacial score (nSPS) is 17.7. The van der Waals surface area contributed by atoms with Gasteiger partial charge < -0.3 is 14.6 Å². The molecule has 112 valence electrons. The van der Waals surface area contributed by atoms with E-state index in [-0.39, 0.29) is 6.03 Å². The lowest BCUT2D eigenvalue weighted by atomic mass is 10.1. The van der Waals surface area contributed by atoms with E-state index in [1.165, 1.54) is 19.3 Å². The average Bonchev–Trinajstić information content (AvgIpc) is 2.74. The van der Waals surface area contributed by atoms with Crippen LogP contribution in [0.25, 0.3) is 0 Å². The minimum Gasteiger partial charge on any atom is -0.417 e. The first-order chi connectivity index (χ1) is 9.01. The summed E-state index contributed by atoms with van der Waals surface area (Å²) in [5.74, 6) is 0. The van der Waals surface area contributed by atoms with Crippen molar-refractivity contribution in [2.75, 3.05) is 26.2 Å². The number of hydrogen-bond donors (Lipinski definition) is 1. The third-order valence-electron chi connectivity index (χ3n) is 4.10.